The maximum atomic E-state index is 11.7. The lowest BCUT2D eigenvalue weighted by Gasteiger charge is -2.22. The van der Waals surface area contributed by atoms with Crippen LogP contribution in [0.15, 0.2) is 29.2 Å². The summed E-state index contributed by atoms with van der Waals surface area (Å²) < 4.78 is 11.7. The van der Waals surface area contributed by atoms with E-state index in [1.54, 1.807) is 18.4 Å². The molecule has 9 heteroatoms. The van der Waals surface area contributed by atoms with Crippen LogP contribution in [0.5, 0.6) is 5.75 Å². The zero-order valence-electron chi connectivity index (χ0n) is 13.8. The number of nitrogens with zero attached hydrogens (tertiary/aromatic N) is 2. The third-order valence-corrected chi connectivity index (χ3v) is 4.97. The Labute approximate surface area is 161 Å². The number of phenolic OH excluding ortho intramolecular Hbond substituents is 1. The van der Waals surface area contributed by atoms with Gasteiger partial charge in [-0.15, -0.1) is 24.8 Å². The summed E-state index contributed by atoms with van der Waals surface area (Å²) in [5, 5.41) is 13.5. The van der Waals surface area contributed by atoms with E-state index in [4.69, 9.17) is 5.73 Å². The van der Waals surface area contributed by atoms with Crippen molar-refractivity contribution >= 4 is 41.6 Å². The molecule has 25 heavy (non-hydrogen) atoms. The summed E-state index contributed by atoms with van der Waals surface area (Å²) in [5.41, 5.74) is 7.83. The molecule has 0 aliphatic carbocycles. The molecule has 0 bridgehead atoms. The van der Waals surface area contributed by atoms with Crippen molar-refractivity contribution in [3.8, 4) is 17.0 Å². The van der Waals surface area contributed by atoms with Crippen LogP contribution in [0, 0.1) is 0 Å². The van der Waals surface area contributed by atoms with Crippen molar-refractivity contribution in [1.29, 1.82) is 0 Å². The molecule has 0 spiro atoms. The van der Waals surface area contributed by atoms with Gasteiger partial charge in [0, 0.05) is 40.0 Å². The lowest BCUT2D eigenvalue weighted by Crippen LogP contribution is -2.29. The number of benzene rings is 1. The number of phenols is 1. The van der Waals surface area contributed by atoms with Gasteiger partial charge in [-0.3, -0.25) is 4.21 Å². The Hall–Kier alpha value is -1.41. The number of nitrogens with one attached hydrogen (secondary N) is 1. The molecule has 1 aliphatic heterocycles. The Morgan fingerprint density at radius 3 is 2.68 bits per heavy atom. The molecule has 1 saturated heterocycles. The van der Waals surface area contributed by atoms with Crippen molar-refractivity contribution in [1.82, 2.24) is 15.3 Å². The van der Waals surface area contributed by atoms with Crippen LogP contribution in [-0.4, -0.2) is 38.6 Å². The number of rotatable bonds is 3. The highest BCUT2D eigenvalue weighted by atomic mass is 35.5. The molecule has 2 atom stereocenters. The molecule has 2 aromatic rings. The van der Waals surface area contributed by atoms with Gasteiger partial charge in [-0.25, -0.2) is 9.97 Å². The first-order chi connectivity index (χ1) is 11.0. The maximum Gasteiger partial charge on any atom is 0.220 e. The first kappa shape index (κ1) is 21.6. The quantitative estimate of drug-likeness (QED) is 0.725. The molecule has 1 aromatic heterocycles. The van der Waals surface area contributed by atoms with Crippen molar-refractivity contribution < 1.29 is 9.32 Å². The summed E-state index contributed by atoms with van der Waals surface area (Å²) >= 11 is 0. The highest BCUT2D eigenvalue weighted by Gasteiger charge is 2.19. The molecule has 1 aliphatic rings. The van der Waals surface area contributed by atoms with Crippen molar-refractivity contribution in [2.24, 2.45) is 0 Å². The second-order valence-corrected chi connectivity index (χ2v) is 7.09. The van der Waals surface area contributed by atoms with E-state index in [9.17, 15) is 9.32 Å². The van der Waals surface area contributed by atoms with Gasteiger partial charge in [0.15, 0.2) is 0 Å². The van der Waals surface area contributed by atoms with E-state index in [2.05, 4.69) is 15.3 Å². The summed E-state index contributed by atoms with van der Waals surface area (Å²) in [5.74, 6) is 0.564. The van der Waals surface area contributed by atoms with Gasteiger partial charge < -0.3 is 16.2 Å². The topological polar surface area (TPSA) is 101 Å². The number of nitrogen functional groups attached to an aromatic ring is 1. The van der Waals surface area contributed by atoms with Crippen molar-refractivity contribution in [3.63, 3.8) is 0 Å². The lowest BCUT2D eigenvalue weighted by atomic mass is 9.95. The van der Waals surface area contributed by atoms with E-state index in [1.165, 1.54) is 6.07 Å². The van der Waals surface area contributed by atoms with Gasteiger partial charge in [0.2, 0.25) is 5.95 Å². The Morgan fingerprint density at radius 1 is 1.28 bits per heavy atom. The number of hydrogen-bond acceptors (Lipinski definition) is 6. The van der Waals surface area contributed by atoms with Crippen molar-refractivity contribution in [2.45, 2.75) is 23.7 Å². The molecule has 3 rings (SSSR count). The van der Waals surface area contributed by atoms with Gasteiger partial charge in [0.1, 0.15) is 5.75 Å². The summed E-state index contributed by atoms with van der Waals surface area (Å²) in [4.78, 5) is 9.24. The molecule has 0 saturated carbocycles. The molecular formula is C16H22Cl2N4O2S. The minimum Gasteiger partial charge on any atom is -0.507 e. The Kier molecular flexibility index (Phi) is 8.08. The smallest absolute Gasteiger partial charge is 0.220 e. The molecule has 2 unspecified atom stereocenters. The number of halogens is 2. The number of nitrogens with two attached hydrogens (primary N) is 1. The Balaban J connectivity index is 0.00000156. The minimum absolute atomic E-state index is 0. The fourth-order valence-corrected chi connectivity index (χ4v) is 3.38. The zero-order valence-corrected chi connectivity index (χ0v) is 16.2. The van der Waals surface area contributed by atoms with Gasteiger partial charge in [-0.2, -0.15) is 0 Å². The molecule has 1 aromatic carbocycles. The van der Waals surface area contributed by atoms with Gasteiger partial charge in [0.05, 0.1) is 11.4 Å². The molecule has 4 N–H and O–H groups in total. The molecule has 2 heterocycles. The highest BCUT2D eigenvalue weighted by molar-refractivity contribution is 7.84. The normalized spacial score (nSPS) is 17.9. The van der Waals surface area contributed by atoms with E-state index in [1.807, 2.05) is 6.07 Å². The monoisotopic (exact) mass is 404 g/mol. The predicted octanol–water partition coefficient (Wildman–Crippen LogP) is 2.48. The Bertz CT molecular complexity index is 755. The molecule has 1 fully saturated rings. The fourth-order valence-electron chi connectivity index (χ4n) is 2.84. The van der Waals surface area contributed by atoms with E-state index >= 15 is 0 Å². The summed E-state index contributed by atoms with van der Waals surface area (Å²) in [6.07, 6.45) is 3.75. The third kappa shape index (κ3) is 5.04. The van der Waals surface area contributed by atoms with Gasteiger partial charge in [0.25, 0.3) is 0 Å². The molecular weight excluding hydrogens is 383 g/mol. The van der Waals surface area contributed by atoms with E-state index in [0.29, 0.717) is 22.1 Å². The van der Waals surface area contributed by atoms with Crippen LogP contribution in [-0.2, 0) is 10.8 Å². The first-order valence-corrected chi connectivity index (χ1v) is 9.12. The number of hydrogen-bond donors (Lipinski definition) is 3. The van der Waals surface area contributed by atoms with Crippen LogP contribution in [0.3, 0.4) is 0 Å². The average Bonchev–Trinajstić information content (AvgIpc) is 2.55. The molecule has 6 nitrogen and oxygen atoms in total. The number of aromatic nitrogens is 2. The maximum absolute atomic E-state index is 11.7. The molecule has 0 radical (unpaired) electrons. The van der Waals surface area contributed by atoms with E-state index in [-0.39, 0.29) is 36.5 Å². The largest absolute Gasteiger partial charge is 0.507 e. The second kappa shape index (κ2) is 9.33. The molecule has 0 amide bonds. The minimum atomic E-state index is -1.13. The van der Waals surface area contributed by atoms with Gasteiger partial charge in [-0.1, -0.05) is 0 Å². The molecule has 138 valence electrons. The predicted molar refractivity (Wildman–Crippen MR) is 105 cm³/mol. The van der Waals surface area contributed by atoms with Crippen LogP contribution in [0.1, 0.15) is 24.5 Å². The standard InChI is InChI=1S/C16H20N4O2S.2ClH/c1-23(22)11-4-5-15(21)12(7-11)14-8-13(19-16(17)20-14)10-3-2-6-18-9-10;;/h4-5,7-8,10,18,21H,2-3,6,9H2,1H3,(H2,17,19,20);2*1H. The van der Waals surface area contributed by atoms with Crippen LogP contribution in [0.25, 0.3) is 11.3 Å². The average molecular weight is 405 g/mol. The number of aromatic hydroxyl groups is 1. The SMILES string of the molecule is CS(=O)c1ccc(O)c(-c2cc(C3CCCNC3)nc(N)n2)c1.Cl.Cl. The van der Waals surface area contributed by atoms with Crippen LogP contribution >= 0.6 is 24.8 Å². The van der Waals surface area contributed by atoms with E-state index < -0.39 is 10.8 Å². The van der Waals surface area contributed by atoms with Crippen LogP contribution in [0.2, 0.25) is 0 Å². The van der Waals surface area contributed by atoms with Gasteiger partial charge >= 0.3 is 0 Å². The van der Waals surface area contributed by atoms with E-state index in [0.717, 1.165) is 31.6 Å². The fraction of sp³-hybridized carbons (Fsp3) is 0.375. The van der Waals surface area contributed by atoms with Crippen LogP contribution in [0.4, 0.5) is 5.95 Å². The first-order valence-electron chi connectivity index (χ1n) is 7.56. The third-order valence-electron chi connectivity index (χ3n) is 4.05. The van der Waals surface area contributed by atoms with Crippen molar-refractivity contribution in [2.75, 3.05) is 25.1 Å². The van der Waals surface area contributed by atoms with Crippen molar-refractivity contribution in [3.05, 3.63) is 30.0 Å². The zero-order chi connectivity index (χ0) is 16.4. The highest BCUT2D eigenvalue weighted by Crippen LogP contribution is 2.32. The number of anilines is 1. The summed E-state index contributed by atoms with van der Waals surface area (Å²) in [6, 6.07) is 6.74. The van der Waals surface area contributed by atoms with Gasteiger partial charge in [-0.05, 0) is 43.7 Å². The summed E-state index contributed by atoms with van der Waals surface area (Å²) in [7, 11) is -1.13. The number of piperidine rings is 1. The Morgan fingerprint density at radius 2 is 2.04 bits per heavy atom. The lowest BCUT2D eigenvalue weighted by molar-refractivity contribution is 0.454. The summed E-state index contributed by atoms with van der Waals surface area (Å²) in [6.45, 7) is 1.88. The second-order valence-electron chi connectivity index (χ2n) is 5.71. The van der Waals surface area contributed by atoms with Crippen LogP contribution < -0.4 is 11.1 Å².